The lowest BCUT2D eigenvalue weighted by atomic mass is 10.1. The van der Waals surface area contributed by atoms with Gasteiger partial charge in [-0.05, 0) is 78.4 Å². The average Bonchev–Trinajstić information content (AvgIpc) is 3.28. The Morgan fingerprint density at radius 3 is 1.07 bits per heavy atom. The van der Waals surface area contributed by atoms with Gasteiger partial charge >= 0.3 is 23.9 Å². The molecular weight excluding hydrogens is 812 g/mol. The van der Waals surface area contributed by atoms with Crippen LogP contribution >= 0.6 is 11.6 Å². The number of carbonyl (C=O) groups is 4. The Morgan fingerprint density at radius 1 is 0.361 bits per heavy atom. The molecule has 0 radical (unpaired) electrons. The van der Waals surface area contributed by atoms with E-state index in [2.05, 4.69) is 0 Å². The maximum Gasteiger partial charge on any atom is 0.347 e. The van der Waals surface area contributed by atoms with Crippen LogP contribution in [-0.4, -0.2) is 66.5 Å². The van der Waals surface area contributed by atoms with E-state index in [1.807, 2.05) is 0 Å². The fourth-order valence-corrected chi connectivity index (χ4v) is 6.13. The summed E-state index contributed by atoms with van der Waals surface area (Å²) in [6.07, 6.45) is 0. The summed E-state index contributed by atoms with van der Waals surface area (Å²) in [6.45, 7) is 0. The Labute approximate surface area is 354 Å². The molecule has 6 rings (SSSR count). The number of hydrogen-bond acceptors (Lipinski definition) is 14. The van der Waals surface area contributed by atoms with Crippen molar-refractivity contribution >= 4 is 35.5 Å². The summed E-state index contributed by atoms with van der Waals surface area (Å²) < 4.78 is 53.8. The molecule has 61 heavy (non-hydrogen) atoms. The second-order valence-electron chi connectivity index (χ2n) is 12.6. The summed E-state index contributed by atoms with van der Waals surface area (Å²) in [5, 5.41) is 0.299. The van der Waals surface area contributed by atoms with Crippen LogP contribution in [0.25, 0.3) is 11.1 Å². The molecule has 0 spiro atoms. The molecule has 0 saturated carbocycles. The van der Waals surface area contributed by atoms with Gasteiger partial charge < -0.3 is 47.4 Å². The number of esters is 4. The quantitative estimate of drug-likeness (QED) is 0.0711. The Morgan fingerprint density at radius 2 is 0.689 bits per heavy atom. The van der Waals surface area contributed by atoms with Crippen LogP contribution < -0.4 is 47.4 Å². The fourth-order valence-electron chi connectivity index (χ4n) is 5.85. The van der Waals surface area contributed by atoms with Crippen molar-refractivity contribution in [2.75, 3.05) is 42.7 Å². The van der Waals surface area contributed by atoms with Crippen molar-refractivity contribution in [3.05, 3.63) is 143 Å². The zero-order chi connectivity index (χ0) is 43.6. The summed E-state index contributed by atoms with van der Waals surface area (Å²) in [5.41, 5.74) is 1.97. The number of methoxy groups -OCH3 is 6. The van der Waals surface area contributed by atoms with Crippen LogP contribution in [0.15, 0.2) is 115 Å². The SMILES string of the molecule is COc1cc(OC)c(C(=O)Oc2ccc(C(=O)Oc3ccc(-c4ccc(OC(=O)c5ccc(OC(=O)c6cc(OC)c(OC)cc6OC)cc5)cc4Cl)cc3)cc2)cc1OC. The third kappa shape index (κ3) is 9.95. The zero-order valence-electron chi connectivity index (χ0n) is 33.6. The van der Waals surface area contributed by atoms with Crippen molar-refractivity contribution in [2.24, 2.45) is 0 Å². The predicted molar refractivity (Wildman–Crippen MR) is 222 cm³/mol. The molecule has 0 aliphatic rings. The van der Waals surface area contributed by atoms with E-state index >= 15 is 0 Å². The first-order valence-corrected chi connectivity index (χ1v) is 18.5. The van der Waals surface area contributed by atoms with Crippen molar-refractivity contribution in [1.29, 1.82) is 0 Å². The number of halogens is 1. The first-order chi connectivity index (χ1) is 29.5. The van der Waals surface area contributed by atoms with Crippen LogP contribution in [0.3, 0.4) is 0 Å². The third-order valence-corrected chi connectivity index (χ3v) is 9.29. The van der Waals surface area contributed by atoms with E-state index in [-0.39, 0.29) is 56.8 Å². The molecule has 15 heteroatoms. The smallest absolute Gasteiger partial charge is 0.347 e. The average molecular weight is 849 g/mol. The van der Waals surface area contributed by atoms with Crippen LogP contribution in [0.5, 0.6) is 57.5 Å². The first-order valence-electron chi connectivity index (χ1n) is 18.1. The molecule has 0 aromatic heterocycles. The van der Waals surface area contributed by atoms with Gasteiger partial charge in [-0.25, -0.2) is 19.2 Å². The van der Waals surface area contributed by atoms with Gasteiger partial charge in [0, 0.05) is 35.9 Å². The van der Waals surface area contributed by atoms with Crippen LogP contribution in [0.1, 0.15) is 41.4 Å². The van der Waals surface area contributed by atoms with E-state index in [1.165, 1.54) is 122 Å². The second kappa shape index (κ2) is 19.4. The number of carbonyl (C=O) groups excluding carboxylic acids is 4. The zero-order valence-corrected chi connectivity index (χ0v) is 34.3. The summed E-state index contributed by atoms with van der Waals surface area (Å²) in [7, 11) is 8.64. The summed E-state index contributed by atoms with van der Waals surface area (Å²) in [4.78, 5) is 51.8. The monoisotopic (exact) mass is 848 g/mol. The minimum absolute atomic E-state index is 0.112. The Hall–Kier alpha value is -7.71. The number of benzene rings is 6. The van der Waals surface area contributed by atoms with E-state index < -0.39 is 23.9 Å². The molecule has 0 heterocycles. The predicted octanol–water partition coefficient (Wildman–Crippen LogP) is 8.94. The molecule has 6 aromatic carbocycles. The highest BCUT2D eigenvalue weighted by atomic mass is 35.5. The third-order valence-electron chi connectivity index (χ3n) is 8.98. The summed E-state index contributed by atoms with van der Waals surface area (Å²) in [6, 6.07) is 29.0. The molecule has 0 bridgehead atoms. The molecule has 0 aliphatic heterocycles. The van der Waals surface area contributed by atoms with Crippen molar-refractivity contribution in [2.45, 2.75) is 0 Å². The molecule has 312 valence electrons. The minimum Gasteiger partial charge on any atom is -0.496 e. The highest BCUT2D eigenvalue weighted by molar-refractivity contribution is 6.33. The summed E-state index contributed by atoms with van der Waals surface area (Å²) >= 11 is 6.60. The molecule has 0 saturated heterocycles. The van der Waals surface area contributed by atoms with Crippen molar-refractivity contribution in [3.8, 4) is 68.6 Å². The largest absolute Gasteiger partial charge is 0.496 e. The lowest BCUT2D eigenvalue weighted by molar-refractivity contribution is 0.0717. The van der Waals surface area contributed by atoms with E-state index in [9.17, 15) is 19.2 Å². The van der Waals surface area contributed by atoms with Crippen LogP contribution in [0.2, 0.25) is 5.02 Å². The maximum atomic E-state index is 13.0. The highest BCUT2D eigenvalue weighted by Crippen LogP contribution is 2.37. The van der Waals surface area contributed by atoms with Crippen molar-refractivity contribution < 1.29 is 66.5 Å². The van der Waals surface area contributed by atoms with Gasteiger partial charge in [-0.1, -0.05) is 23.7 Å². The van der Waals surface area contributed by atoms with Crippen molar-refractivity contribution in [1.82, 2.24) is 0 Å². The molecule has 0 N–H and O–H groups in total. The van der Waals surface area contributed by atoms with Gasteiger partial charge in [-0.15, -0.1) is 0 Å². The Balaban J connectivity index is 1.03. The van der Waals surface area contributed by atoms with Gasteiger partial charge in [0.25, 0.3) is 0 Å². The van der Waals surface area contributed by atoms with E-state index in [1.54, 1.807) is 36.4 Å². The first kappa shape index (κ1) is 42.9. The topological polar surface area (TPSA) is 161 Å². The molecule has 14 nitrogen and oxygen atoms in total. The molecule has 0 unspecified atom stereocenters. The second-order valence-corrected chi connectivity index (χ2v) is 13.0. The van der Waals surface area contributed by atoms with Gasteiger partial charge in [-0.2, -0.15) is 0 Å². The highest BCUT2D eigenvalue weighted by Gasteiger charge is 2.22. The van der Waals surface area contributed by atoms with Crippen LogP contribution in [0.4, 0.5) is 0 Å². The molecule has 0 amide bonds. The molecule has 0 aliphatic carbocycles. The van der Waals surface area contributed by atoms with Crippen molar-refractivity contribution in [3.63, 3.8) is 0 Å². The van der Waals surface area contributed by atoms with Gasteiger partial charge in [0.2, 0.25) is 0 Å². The standard InChI is InChI=1S/C46H37ClO14/c1-52-37-24-41(56-5)39(54-3)22-34(37)45(50)59-30-15-9-27(10-16-30)43(48)58-29-13-7-26(8-14-29)33-20-19-32(21-36(33)47)61-44(49)28-11-17-31(18-12-28)60-46(51)35-23-40(55-4)42(57-6)25-38(35)53-2/h7-25H,1-6H3. The van der Waals surface area contributed by atoms with Gasteiger partial charge in [-0.3, -0.25) is 0 Å². The number of rotatable bonds is 15. The molecule has 6 aromatic rings. The fraction of sp³-hybridized carbons (Fsp3) is 0.130. The number of ether oxygens (including phenoxy) is 10. The van der Waals surface area contributed by atoms with Crippen LogP contribution in [-0.2, 0) is 0 Å². The molecule has 0 fully saturated rings. The Kier molecular flexibility index (Phi) is 13.6. The van der Waals surface area contributed by atoms with E-state index in [0.29, 0.717) is 39.1 Å². The van der Waals surface area contributed by atoms with E-state index in [4.69, 9.17) is 59.0 Å². The van der Waals surface area contributed by atoms with Gasteiger partial charge in [0.15, 0.2) is 23.0 Å². The van der Waals surface area contributed by atoms with Gasteiger partial charge in [0.1, 0.15) is 45.6 Å². The lowest BCUT2D eigenvalue weighted by Gasteiger charge is -2.13. The Bertz CT molecular complexity index is 2570. The summed E-state index contributed by atoms with van der Waals surface area (Å²) in [5.74, 6) is -0.0303. The lowest BCUT2D eigenvalue weighted by Crippen LogP contribution is -2.12. The molecule has 0 atom stereocenters. The maximum absolute atomic E-state index is 13.0. The van der Waals surface area contributed by atoms with Gasteiger partial charge in [0.05, 0.1) is 58.8 Å². The van der Waals surface area contributed by atoms with E-state index in [0.717, 1.165) is 0 Å². The molecular formula is C46H37ClO14. The minimum atomic E-state index is -0.710. The van der Waals surface area contributed by atoms with Crippen LogP contribution in [0, 0.1) is 0 Å². The number of hydrogen-bond donors (Lipinski definition) is 0. The normalized spacial score (nSPS) is 10.5.